The van der Waals surface area contributed by atoms with Gasteiger partial charge in [0.1, 0.15) is 6.10 Å². The first-order valence-electron chi connectivity index (χ1n) is 8.13. The zero-order valence-electron chi connectivity index (χ0n) is 13.4. The summed E-state index contributed by atoms with van der Waals surface area (Å²) in [5.41, 5.74) is 1.49. The summed E-state index contributed by atoms with van der Waals surface area (Å²) >= 11 is 0. The lowest BCUT2D eigenvalue weighted by Crippen LogP contribution is -2.26. The molecule has 1 saturated heterocycles. The maximum absolute atomic E-state index is 12.1. The Morgan fingerprint density at radius 3 is 2.68 bits per heavy atom. The van der Waals surface area contributed by atoms with Crippen LogP contribution in [0.15, 0.2) is 57.7 Å². The summed E-state index contributed by atoms with van der Waals surface area (Å²) in [6.07, 6.45) is 1.28. The third-order valence-corrected chi connectivity index (χ3v) is 4.16. The number of carbonyl (C=O) groups is 1. The van der Waals surface area contributed by atoms with Crippen LogP contribution in [0.5, 0.6) is 0 Å². The molecule has 0 radical (unpaired) electrons. The van der Waals surface area contributed by atoms with Crippen molar-refractivity contribution in [1.29, 1.82) is 0 Å². The Morgan fingerprint density at radius 1 is 1.12 bits per heavy atom. The highest BCUT2D eigenvalue weighted by Crippen LogP contribution is 2.21. The fourth-order valence-electron chi connectivity index (χ4n) is 2.85. The lowest BCUT2D eigenvalue weighted by atomic mass is 10.2. The monoisotopic (exact) mass is 336 g/mol. The summed E-state index contributed by atoms with van der Waals surface area (Å²) in [6, 6.07) is 14.1. The number of anilines is 1. The van der Waals surface area contributed by atoms with Gasteiger partial charge in [-0.3, -0.25) is 4.79 Å². The van der Waals surface area contributed by atoms with E-state index in [1.54, 1.807) is 42.5 Å². The molecule has 0 saturated carbocycles. The number of rotatable bonds is 3. The minimum absolute atomic E-state index is 0.138. The van der Waals surface area contributed by atoms with Crippen LogP contribution in [0.2, 0.25) is 0 Å². The van der Waals surface area contributed by atoms with Crippen molar-refractivity contribution in [3.05, 3.63) is 59.0 Å². The Bertz CT molecular complexity index is 973. The van der Waals surface area contributed by atoms with Crippen LogP contribution < -0.4 is 10.9 Å². The number of ether oxygens (including phenoxy) is 1. The molecule has 4 rings (SSSR count). The first-order valence-corrected chi connectivity index (χ1v) is 8.13. The van der Waals surface area contributed by atoms with Crippen LogP contribution in [0.1, 0.15) is 12.8 Å². The van der Waals surface area contributed by atoms with Gasteiger partial charge in [-0.2, -0.15) is 0 Å². The topological polar surface area (TPSA) is 81.4 Å². The van der Waals surface area contributed by atoms with E-state index in [-0.39, 0.29) is 17.9 Å². The summed E-state index contributed by atoms with van der Waals surface area (Å²) in [5, 5.41) is 3.28. The quantitative estimate of drug-likeness (QED) is 0.795. The summed E-state index contributed by atoms with van der Waals surface area (Å²) < 4.78 is 10.7. The van der Waals surface area contributed by atoms with E-state index in [9.17, 15) is 9.59 Å². The van der Waals surface area contributed by atoms with Crippen molar-refractivity contribution < 1.29 is 13.9 Å². The number of benzene rings is 2. The number of nitrogens with one attached hydrogen (secondary N) is 1. The predicted molar refractivity (Wildman–Crippen MR) is 93.3 cm³/mol. The maximum atomic E-state index is 12.1. The molecule has 1 aliphatic heterocycles. The normalized spacial score (nSPS) is 16.9. The lowest BCUT2D eigenvalue weighted by molar-refractivity contribution is -0.124. The zero-order chi connectivity index (χ0) is 17.2. The number of amides is 1. The molecule has 1 N–H and O–H groups in total. The van der Waals surface area contributed by atoms with Gasteiger partial charge in [0, 0.05) is 17.9 Å². The molecule has 3 aromatic rings. The van der Waals surface area contributed by atoms with E-state index < -0.39 is 5.63 Å². The van der Waals surface area contributed by atoms with E-state index in [2.05, 4.69) is 10.3 Å². The highest BCUT2D eigenvalue weighted by atomic mass is 16.5. The van der Waals surface area contributed by atoms with E-state index in [1.807, 2.05) is 6.07 Å². The number of aromatic nitrogens is 1. The van der Waals surface area contributed by atoms with Crippen molar-refractivity contribution in [2.75, 3.05) is 11.9 Å². The average Bonchev–Trinajstić information content (AvgIpc) is 3.17. The third kappa shape index (κ3) is 3.16. The Labute approximate surface area is 143 Å². The van der Waals surface area contributed by atoms with Gasteiger partial charge in [0.05, 0.1) is 10.9 Å². The molecule has 1 aliphatic rings. The van der Waals surface area contributed by atoms with E-state index in [1.165, 1.54) is 0 Å². The van der Waals surface area contributed by atoms with Crippen LogP contribution in [-0.4, -0.2) is 23.6 Å². The number of carbonyl (C=O) groups excluding carboxylic acids is 1. The predicted octanol–water partition coefficient (Wildman–Crippen LogP) is 2.97. The highest BCUT2D eigenvalue weighted by Gasteiger charge is 2.23. The number of hydrogen-bond acceptors (Lipinski definition) is 5. The van der Waals surface area contributed by atoms with E-state index in [4.69, 9.17) is 9.15 Å². The van der Waals surface area contributed by atoms with E-state index in [0.717, 1.165) is 12.8 Å². The molecule has 2 aromatic carbocycles. The average molecular weight is 336 g/mol. The van der Waals surface area contributed by atoms with Gasteiger partial charge in [-0.15, -0.1) is 0 Å². The van der Waals surface area contributed by atoms with Gasteiger partial charge in [0.2, 0.25) is 5.89 Å². The van der Waals surface area contributed by atoms with Crippen LogP contribution in [0, 0.1) is 0 Å². The van der Waals surface area contributed by atoms with Gasteiger partial charge in [-0.1, -0.05) is 12.1 Å². The lowest BCUT2D eigenvalue weighted by Gasteiger charge is -2.10. The molecule has 1 aromatic heterocycles. The van der Waals surface area contributed by atoms with Gasteiger partial charge >= 0.3 is 5.63 Å². The Kier molecular flexibility index (Phi) is 4.03. The summed E-state index contributed by atoms with van der Waals surface area (Å²) in [6.45, 7) is 0.629. The molecule has 0 aliphatic carbocycles. The van der Waals surface area contributed by atoms with Crippen LogP contribution in [0.25, 0.3) is 22.4 Å². The van der Waals surface area contributed by atoms with Crippen LogP contribution >= 0.6 is 0 Å². The fourth-order valence-corrected chi connectivity index (χ4v) is 2.85. The van der Waals surface area contributed by atoms with E-state index in [0.29, 0.717) is 28.8 Å². The SMILES string of the molecule is O=C(Nc1ccc(-c2nc3ccccc3c(=O)o2)cc1)[C@H]1CCCO1. The Balaban J connectivity index is 1.57. The molecule has 1 atom stereocenters. The van der Waals surface area contributed by atoms with Gasteiger partial charge in [0.15, 0.2) is 0 Å². The van der Waals surface area contributed by atoms with Crippen LogP contribution in [-0.2, 0) is 9.53 Å². The van der Waals surface area contributed by atoms with Crippen molar-refractivity contribution in [2.45, 2.75) is 18.9 Å². The summed E-state index contributed by atoms with van der Waals surface area (Å²) in [4.78, 5) is 28.5. The first kappa shape index (κ1) is 15.5. The first-order chi connectivity index (χ1) is 12.2. The molecule has 6 heteroatoms. The maximum Gasteiger partial charge on any atom is 0.347 e. The van der Waals surface area contributed by atoms with Crippen molar-refractivity contribution in [3.63, 3.8) is 0 Å². The van der Waals surface area contributed by atoms with E-state index >= 15 is 0 Å². The zero-order valence-corrected chi connectivity index (χ0v) is 13.4. The second-order valence-electron chi connectivity index (χ2n) is 5.89. The van der Waals surface area contributed by atoms with Crippen LogP contribution in [0.3, 0.4) is 0 Å². The molecular weight excluding hydrogens is 320 g/mol. The van der Waals surface area contributed by atoms with Crippen molar-refractivity contribution >= 4 is 22.5 Å². The fraction of sp³-hybridized carbons (Fsp3) is 0.211. The second-order valence-corrected chi connectivity index (χ2v) is 5.89. The molecular formula is C19H16N2O4. The highest BCUT2D eigenvalue weighted by molar-refractivity contribution is 5.94. The number of hydrogen-bond donors (Lipinski definition) is 1. The molecule has 6 nitrogen and oxygen atoms in total. The molecule has 2 heterocycles. The molecule has 126 valence electrons. The summed E-state index contributed by atoms with van der Waals surface area (Å²) in [7, 11) is 0. The van der Waals surface area contributed by atoms with Gasteiger partial charge in [0.25, 0.3) is 5.91 Å². The third-order valence-electron chi connectivity index (χ3n) is 4.16. The van der Waals surface area contributed by atoms with Crippen molar-refractivity contribution in [3.8, 4) is 11.5 Å². The Morgan fingerprint density at radius 2 is 1.92 bits per heavy atom. The minimum atomic E-state index is -0.420. The van der Waals surface area contributed by atoms with Crippen molar-refractivity contribution in [2.24, 2.45) is 0 Å². The molecule has 1 fully saturated rings. The molecule has 1 amide bonds. The van der Waals surface area contributed by atoms with Gasteiger partial charge in [-0.05, 0) is 49.2 Å². The summed E-state index contributed by atoms with van der Waals surface area (Å²) in [5.74, 6) is 0.112. The number of nitrogens with zero attached hydrogens (tertiary/aromatic N) is 1. The van der Waals surface area contributed by atoms with Crippen LogP contribution in [0.4, 0.5) is 5.69 Å². The smallest absolute Gasteiger partial charge is 0.347 e. The van der Waals surface area contributed by atoms with Gasteiger partial charge in [-0.25, -0.2) is 9.78 Å². The van der Waals surface area contributed by atoms with Gasteiger partial charge < -0.3 is 14.5 Å². The molecule has 0 spiro atoms. The largest absolute Gasteiger partial charge is 0.403 e. The van der Waals surface area contributed by atoms with Crippen molar-refractivity contribution in [1.82, 2.24) is 4.98 Å². The number of para-hydroxylation sites is 1. The molecule has 0 unspecified atom stereocenters. The second kappa shape index (κ2) is 6.49. The standard InChI is InChI=1S/C19H16N2O4/c22-17(16-6-3-11-24-16)20-13-9-7-12(8-10-13)18-21-15-5-2-1-4-14(15)19(23)25-18/h1-2,4-5,7-10,16H,3,6,11H2,(H,20,22)/t16-/m1/s1. The molecule has 25 heavy (non-hydrogen) atoms. The Hall–Kier alpha value is -2.99. The molecule has 0 bridgehead atoms. The minimum Gasteiger partial charge on any atom is -0.403 e. The number of fused-ring (bicyclic) bond motifs is 1.